The number of hydrogen-bond donors (Lipinski definition) is 0. The zero-order valence-corrected chi connectivity index (χ0v) is 27.9. The van der Waals surface area contributed by atoms with E-state index in [4.69, 9.17) is 14.2 Å². The first-order valence-corrected chi connectivity index (χ1v) is 17.7. The molecular weight excluding hydrogens is 612 g/mol. The molecule has 3 aromatic rings. The lowest BCUT2D eigenvalue weighted by molar-refractivity contribution is 0.0705. The lowest BCUT2D eigenvalue weighted by Crippen LogP contribution is -2.50. The van der Waals surface area contributed by atoms with Crippen molar-refractivity contribution in [2.45, 2.75) is 62.7 Å². The molecule has 0 N–H and O–H groups in total. The fraction of sp³-hybridized carbons (Fsp3) is 0.459. The zero-order chi connectivity index (χ0) is 32.2. The van der Waals surface area contributed by atoms with E-state index in [1.54, 1.807) is 12.0 Å². The second-order valence-corrected chi connectivity index (χ2v) is 14.3. The average Bonchev–Trinajstić information content (AvgIpc) is 3.55. The SMILES string of the molecule is COc1cc(OC2CCN(SC3CCN(Cc4ccccc4)C3)CC2)ccc1C(=O)N1CCC(N2C(=O)OCc3ccccc32)CC1. The monoisotopic (exact) mass is 656 g/mol. The molecular formula is C37H44N4O5S. The van der Waals surface area contributed by atoms with Crippen LogP contribution in [0, 0.1) is 0 Å². The molecule has 4 heterocycles. The van der Waals surface area contributed by atoms with Crippen LogP contribution >= 0.6 is 11.9 Å². The predicted octanol–water partition coefficient (Wildman–Crippen LogP) is 6.22. The number of para-hydroxylation sites is 1. The Kier molecular flexibility index (Phi) is 9.88. The van der Waals surface area contributed by atoms with Gasteiger partial charge in [-0.2, -0.15) is 0 Å². The number of nitrogens with zero attached hydrogens (tertiary/aromatic N) is 4. The summed E-state index contributed by atoms with van der Waals surface area (Å²) in [6.45, 7) is 6.76. The maximum Gasteiger partial charge on any atom is 0.414 e. The molecule has 0 radical (unpaired) electrons. The number of fused-ring (bicyclic) bond motifs is 1. The predicted molar refractivity (Wildman–Crippen MR) is 184 cm³/mol. The van der Waals surface area contributed by atoms with Crippen LogP contribution < -0.4 is 14.4 Å². The van der Waals surface area contributed by atoms with Crippen molar-refractivity contribution in [3.8, 4) is 11.5 Å². The summed E-state index contributed by atoms with van der Waals surface area (Å²) in [5.74, 6) is 1.20. The van der Waals surface area contributed by atoms with Crippen LogP contribution in [0.15, 0.2) is 72.8 Å². The fourth-order valence-corrected chi connectivity index (χ4v) is 8.60. The normalized spacial score (nSPS) is 21.4. The van der Waals surface area contributed by atoms with E-state index < -0.39 is 0 Å². The standard InChI is InChI=1S/C37H44N4O5S/c1-44-35-23-31(46-30-15-21-40(22-16-30)47-32-17-18-38(25-32)24-27-7-3-2-4-8-27)11-12-33(35)36(42)39-19-13-29(14-20-39)41-34-10-6-5-9-28(34)26-45-37(41)43/h2-12,23,29-30,32H,13-22,24-26H2,1H3. The number of rotatable bonds is 9. The van der Waals surface area contributed by atoms with Crippen LogP contribution in [0.25, 0.3) is 0 Å². The number of piperidine rings is 2. The van der Waals surface area contributed by atoms with E-state index in [9.17, 15) is 9.59 Å². The number of benzene rings is 3. The highest BCUT2D eigenvalue weighted by molar-refractivity contribution is 7.97. The zero-order valence-electron chi connectivity index (χ0n) is 27.1. The molecule has 10 heteroatoms. The van der Waals surface area contributed by atoms with Gasteiger partial charge in [0.1, 0.15) is 24.2 Å². The van der Waals surface area contributed by atoms with Crippen molar-refractivity contribution in [3.63, 3.8) is 0 Å². The Morgan fingerprint density at radius 2 is 1.66 bits per heavy atom. The summed E-state index contributed by atoms with van der Waals surface area (Å²) in [4.78, 5) is 32.5. The van der Waals surface area contributed by atoms with Gasteiger partial charge in [-0.15, -0.1) is 0 Å². The van der Waals surface area contributed by atoms with E-state index in [0.29, 0.717) is 49.1 Å². The van der Waals surface area contributed by atoms with Gasteiger partial charge in [0.05, 0.1) is 18.4 Å². The van der Waals surface area contributed by atoms with Crippen molar-refractivity contribution in [3.05, 3.63) is 89.5 Å². The van der Waals surface area contributed by atoms with E-state index in [1.165, 1.54) is 12.0 Å². The third kappa shape index (κ3) is 7.40. The maximum atomic E-state index is 13.6. The fourth-order valence-electron chi connectivity index (χ4n) is 7.27. The van der Waals surface area contributed by atoms with Gasteiger partial charge in [-0.3, -0.25) is 18.9 Å². The summed E-state index contributed by atoms with van der Waals surface area (Å²) in [5.41, 5.74) is 3.84. The largest absolute Gasteiger partial charge is 0.496 e. The summed E-state index contributed by atoms with van der Waals surface area (Å²) in [6.07, 6.45) is 4.38. The topological polar surface area (TPSA) is 74.8 Å². The second kappa shape index (κ2) is 14.6. The molecule has 1 atom stereocenters. The van der Waals surface area contributed by atoms with Gasteiger partial charge in [0.15, 0.2) is 0 Å². The number of amides is 2. The summed E-state index contributed by atoms with van der Waals surface area (Å²) < 4.78 is 20.0. The van der Waals surface area contributed by atoms with E-state index in [1.807, 2.05) is 59.3 Å². The van der Waals surface area contributed by atoms with Crippen LogP contribution in [-0.4, -0.2) is 89.9 Å². The molecule has 3 aromatic carbocycles. The lowest BCUT2D eigenvalue weighted by Gasteiger charge is -2.40. The molecule has 9 nitrogen and oxygen atoms in total. The van der Waals surface area contributed by atoms with Gasteiger partial charge in [-0.1, -0.05) is 60.5 Å². The van der Waals surface area contributed by atoms with Crippen molar-refractivity contribution in [1.82, 2.24) is 14.1 Å². The molecule has 1 unspecified atom stereocenters. The Balaban J connectivity index is 0.881. The number of anilines is 1. The summed E-state index contributed by atoms with van der Waals surface area (Å²) in [5, 5.41) is 0.648. The smallest absolute Gasteiger partial charge is 0.414 e. The van der Waals surface area contributed by atoms with Gasteiger partial charge in [0.2, 0.25) is 0 Å². The van der Waals surface area contributed by atoms with Gasteiger partial charge < -0.3 is 19.1 Å². The van der Waals surface area contributed by atoms with Gasteiger partial charge in [-0.25, -0.2) is 4.79 Å². The van der Waals surface area contributed by atoms with Crippen LogP contribution in [0.1, 0.15) is 53.6 Å². The van der Waals surface area contributed by atoms with Gasteiger partial charge in [-0.05, 0) is 62.4 Å². The molecule has 3 fully saturated rings. The highest BCUT2D eigenvalue weighted by atomic mass is 32.2. The number of ether oxygens (including phenoxy) is 3. The van der Waals surface area contributed by atoms with Crippen molar-refractivity contribution in [1.29, 1.82) is 0 Å². The number of cyclic esters (lactones) is 1. The van der Waals surface area contributed by atoms with E-state index in [-0.39, 0.29) is 24.1 Å². The number of hydrogen-bond acceptors (Lipinski definition) is 8. The van der Waals surface area contributed by atoms with Gasteiger partial charge in [0.25, 0.3) is 5.91 Å². The Hall–Kier alpha value is -3.73. The molecule has 0 saturated carbocycles. The maximum absolute atomic E-state index is 13.6. The molecule has 0 spiro atoms. The van der Waals surface area contributed by atoms with Crippen molar-refractivity contribution >= 4 is 29.6 Å². The van der Waals surface area contributed by atoms with Gasteiger partial charge in [0, 0.05) is 62.2 Å². The summed E-state index contributed by atoms with van der Waals surface area (Å²) in [7, 11) is 1.60. The van der Waals surface area contributed by atoms with Gasteiger partial charge >= 0.3 is 6.09 Å². The third-order valence-electron chi connectivity index (χ3n) is 9.80. The third-order valence-corrected chi connectivity index (χ3v) is 11.1. The summed E-state index contributed by atoms with van der Waals surface area (Å²) in [6, 6.07) is 24.2. The number of likely N-dealkylation sites (tertiary alicyclic amines) is 2. The molecule has 3 saturated heterocycles. The van der Waals surface area contributed by atoms with E-state index in [0.717, 1.165) is 62.6 Å². The quantitative estimate of drug-likeness (QED) is 0.252. The number of carbonyl (C=O) groups excluding carboxylic acids is 2. The first-order valence-electron chi connectivity index (χ1n) is 16.9. The highest BCUT2D eigenvalue weighted by Gasteiger charge is 2.36. The Bertz CT molecular complexity index is 1540. The molecule has 248 valence electrons. The molecule has 7 rings (SSSR count). The minimum atomic E-state index is -0.310. The highest BCUT2D eigenvalue weighted by Crippen LogP contribution is 2.34. The number of carbonyl (C=O) groups is 2. The van der Waals surface area contributed by atoms with Crippen LogP contribution in [0.5, 0.6) is 11.5 Å². The molecule has 47 heavy (non-hydrogen) atoms. The van der Waals surface area contributed by atoms with Crippen LogP contribution in [0.4, 0.5) is 10.5 Å². The first kappa shape index (κ1) is 31.8. The summed E-state index contributed by atoms with van der Waals surface area (Å²) >= 11 is 2.03. The molecule has 0 bridgehead atoms. The first-order chi connectivity index (χ1) is 23.0. The van der Waals surface area contributed by atoms with Crippen LogP contribution in [0.3, 0.4) is 0 Å². The van der Waals surface area contributed by atoms with Crippen molar-refractivity contribution in [2.75, 3.05) is 51.3 Å². The molecule has 0 aliphatic carbocycles. The van der Waals surface area contributed by atoms with E-state index in [2.05, 4.69) is 39.5 Å². The van der Waals surface area contributed by atoms with E-state index >= 15 is 0 Å². The molecule has 4 aliphatic heterocycles. The average molecular weight is 657 g/mol. The Morgan fingerprint density at radius 1 is 0.894 bits per heavy atom. The minimum Gasteiger partial charge on any atom is -0.496 e. The Labute approximate surface area is 281 Å². The van der Waals surface area contributed by atoms with Crippen molar-refractivity contribution < 1.29 is 23.8 Å². The second-order valence-electron chi connectivity index (χ2n) is 12.9. The minimum absolute atomic E-state index is 0.0111. The molecule has 4 aliphatic rings. The number of methoxy groups -OCH3 is 1. The molecule has 0 aromatic heterocycles. The van der Waals surface area contributed by atoms with Crippen molar-refractivity contribution in [2.24, 2.45) is 0 Å². The lowest BCUT2D eigenvalue weighted by atomic mass is 10.00. The molecule has 2 amide bonds. The van der Waals surface area contributed by atoms with Crippen LogP contribution in [-0.2, 0) is 17.9 Å². The Morgan fingerprint density at radius 3 is 2.45 bits per heavy atom. The van der Waals surface area contributed by atoms with Crippen LogP contribution in [0.2, 0.25) is 0 Å².